The molecule has 3 aromatic rings. The maximum atomic E-state index is 13.5. The van der Waals surface area contributed by atoms with Gasteiger partial charge in [0, 0.05) is 45.3 Å². The van der Waals surface area contributed by atoms with Gasteiger partial charge >= 0.3 is 6.03 Å². The molecule has 212 valence electrons. The molecule has 0 saturated carbocycles. The average Bonchev–Trinajstić information content (AvgIpc) is 2.95. The number of carbonyl (C=O) groups excluding carboxylic acids is 3. The summed E-state index contributed by atoms with van der Waals surface area (Å²) in [4.78, 5) is 41.9. The highest BCUT2D eigenvalue weighted by Gasteiger charge is 2.24. The predicted octanol–water partition coefficient (Wildman–Crippen LogP) is 4.48. The molecule has 7 nitrogen and oxygen atoms in total. The second kappa shape index (κ2) is 16.5. The Bertz CT molecular complexity index is 1200. The highest BCUT2D eigenvalue weighted by atomic mass is 32.2. The van der Waals surface area contributed by atoms with Crippen LogP contribution in [0.5, 0.6) is 0 Å². The minimum atomic E-state index is -0.739. The molecule has 0 fully saturated rings. The van der Waals surface area contributed by atoms with Crippen molar-refractivity contribution >= 4 is 28.8 Å². The number of thioether (sulfide) groups is 1. The van der Waals surface area contributed by atoms with E-state index in [4.69, 9.17) is 0 Å². The van der Waals surface area contributed by atoms with Crippen LogP contribution in [0.25, 0.3) is 11.1 Å². The number of hydrogen-bond donors (Lipinski definition) is 2. The number of rotatable bonds is 14. The van der Waals surface area contributed by atoms with Crippen molar-refractivity contribution in [1.82, 2.24) is 20.4 Å². The Kier molecular flexibility index (Phi) is 12.7. The molecule has 0 heterocycles. The third-order valence-electron chi connectivity index (χ3n) is 6.44. The van der Waals surface area contributed by atoms with Crippen molar-refractivity contribution in [2.24, 2.45) is 0 Å². The fourth-order valence-corrected chi connectivity index (χ4v) is 4.80. The Labute approximate surface area is 242 Å². The molecular formula is C32H40N4O3S. The number of amides is 3. The van der Waals surface area contributed by atoms with E-state index < -0.39 is 6.04 Å². The summed E-state index contributed by atoms with van der Waals surface area (Å²) in [6.07, 6.45) is 1.04. The van der Waals surface area contributed by atoms with Gasteiger partial charge < -0.3 is 20.4 Å². The predicted molar refractivity (Wildman–Crippen MR) is 164 cm³/mol. The summed E-state index contributed by atoms with van der Waals surface area (Å²) in [6, 6.07) is 27.1. The fraction of sp³-hybridized carbons (Fsp3) is 0.344. The van der Waals surface area contributed by atoms with Gasteiger partial charge in [0.05, 0.1) is 0 Å². The van der Waals surface area contributed by atoms with E-state index in [-0.39, 0.29) is 17.1 Å². The Balaban J connectivity index is 1.73. The largest absolute Gasteiger partial charge is 0.353 e. The number of carbonyl (C=O) groups is 3. The summed E-state index contributed by atoms with van der Waals surface area (Å²) < 4.78 is 0. The fourth-order valence-electron chi connectivity index (χ4n) is 4.20. The van der Waals surface area contributed by atoms with Crippen LogP contribution in [0, 0.1) is 0 Å². The van der Waals surface area contributed by atoms with Crippen molar-refractivity contribution in [3.63, 3.8) is 0 Å². The van der Waals surface area contributed by atoms with Crippen LogP contribution in [-0.4, -0.2) is 78.9 Å². The smallest absolute Gasteiger partial charge is 0.318 e. The lowest BCUT2D eigenvalue weighted by atomic mass is 10.0. The SMILES string of the molecule is CC(=O)SCCN(CCc1ccccc1)C(=O)N[C@@H](Cc1ccc(-c2ccccc2)cc1)C(=O)NCCN(C)C. The molecule has 3 rings (SSSR count). The molecule has 0 aliphatic heterocycles. The highest BCUT2D eigenvalue weighted by Crippen LogP contribution is 2.20. The summed E-state index contributed by atoms with van der Waals surface area (Å²) >= 11 is 1.20. The van der Waals surface area contributed by atoms with Gasteiger partial charge in [-0.05, 0) is 42.8 Å². The standard InChI is InChI=1S/C32H40N4O3S/c1-25(37)40-23-22-36(20-18-26-10-6-4-7-11-26)32(39)34-30(31(38)33-19-21-35(2)3)24-27-14-16-29(17-15-27)28-12-8-5-9-13-28/h4-17,30H,18-24H2,1-3H3,(H,33,38)(H,34,39)/t30-/m0/s1. The van der Waals surface area contributed by atoms with Gasteiger partial charge in [0.15, 0.2) is 5.12 Å². The molecule has 2 N–H and O–H groups in total. The van der Waals surface area contributed by atoms with Gasteiger partial charge in [-0.25, -0.2) is 4.79 Å². The zero-order valence-electron chi connectivity index (χ0n) is 23.6. The zero-order valence-corrected chi connectivity index (χ0v) is 24.5. The van der Waals surface area contributed by atoms with Crippen molar-refractivity contribution < 1.29 is 14.4 Å². The summed E-state index contributed by atoms with van der Waals surface area (Å²) in [5.41, 5.74) is 4.29. The molecule has 0 aliphatic rings. The molecule has 0 bridgehead atoms. The molecule has 3 amide bonds. The average molecular weight is 561 g/mol. The molecule has 0 spiro atoms. The van der Waals surface area contributed by atoms with Crippen LogP contribution in [0.3, 0.4) is 0 Å². The van der Waals surface area contributed by atoms with E-state index in [0.717, 1.165) is 22.3 Å². The van der Waals surface area contributed by atoms with Crippen molar-refractivity contribution in [2.45, 2.75) is 25.8 Å². The molecule has 0 radical (unpaired) electrons. The van der Waals surface area contributed by atoms with Crippen LogP contribution in [-0.2, 0) is 22.4 Å². The molecule has 0 aromatic heterocycles. The van der Waals surface area contributed by atoms with E-state index in [9.17, 15) is 14.4 Å². The second-order valence-corrected chi connectivity index (χ2v) is 11.2. The van der Waals surface area contributed by atoms with Crippen molar-refractivity contribution in [2.75, 3.05) is 46.0 Å². The Morgan fingerprint density at radius 3 is 2.02 bits per heavy atom. The first kappa shape index (κ1) is 30.9. The maximum Gasteiger partial charge on any atom is 0.318 e. The summed E-state index contributed by atoms with van der Waals surface area (Å²) in [5, 5.41) is 5.97. The normalized spacial score (nSPS) is 11.6. The number of hydrogen-bond acceptors (Lipinski definition) is 5. The molecule has 3 aromatic carbocycles. The molecule has 0 saturated heterocycles. The quantitative estimate of drug-likeness (QED) is 0.304. The van der Waals surface area contributed by atoms with Crippen molar-refractivity contribution in [1.29, 1.82) is 0 Å². The lowest BCUT2D eigenvalue weighted by Crippen LogP contribution is -2.53. The molecule has 8 heteroatoms. The first-order chi connectivity index (χ1) is 19.3. The van der Waals surface area contributed by atoms with E-state index in [0.29, 0.717) is 44.8 Å². The molecule has 1 atom stereocenters. The maximum absolute atomic E-state index is 13.5. The third kappa shape index (κ3) is 10.9. The molecule has 0 unspecified atom stereocenters. The Hall–Kier alpha value is -3.62. The summed E-state index contributed by atoms with van der Waals surface area (Å²) in [5.74, 6) is 0.279. The van der Waals surface area contributed by atoms with Gasteiger partial charge in [0.2, 0.25) is 5.91 Å². The number of likely N-dealkylation sites (N-methyl/N-ethyl adjacent to an activating group) is 1. The number of urea groups is 1. The zero-order chi connectivity index (χ0) is 28.7. The molecule has 40 heavy (non-hydrogen) atoms. The number of nitrogens with zero attached hydrogens (tertiary/aromatic N) is 2. The van der Waals surface area contributed by atoms with Gasteiger partial charge in [0.25, 0.3) is 0 Å². The lowest BCUT2D eigenvalue weighted by Gasteiger charge is -2.26. The van der Waals surface area contributed by atoms with Crippen LogP contribution in [0.15, 0.2) is 84.9 Å². The highest BCUT2D eigenvalue weighted by molar-refractivity contribution is 8.13. The third-order valence-corrected chi connectivity index (χ3v) is 7.23. The van der Waals surface area contributed by atoms with Crippen molar-refractivity contribution in [3.8, 4) is 11.1 Å². The van der Waals surface area contributed by atoms with Crippen LogP contribution < -0.4 is 10.6 Å². The van der Waals surface area contributed by atoms with E-state index in [1.54, 1.807) is 4.90 Å². The Morgan fingerprint density at radius 1 is 0.775 bits per heavy atom. The number of benzene rings is 3. The van der Waals surface area contributed by atoms with E-state index in [1.807, 2.05) is 91.8 Å². The minimum Gasteiger partial charge on any atom is -0.353 e. The van der Waals surface area contributed by atoms with E-state index in [1.165, 1.54) is 18.7 Å². The van der Waals surface area contributed by atoms with Crippen LogP contribution in [0.4, 0.5) is 4.79 Å². The molecular weight excluding hydrogens is 520 g/mol. The van der Waals surface area contributed by atoms with Gasteiger partial charge in [-0.1, -0.05) is 96.7 Å². The van der Waals surface area contributed by atoms with Gasteiger partial charge in [-0.2, -0.15) is 0 Å². The summed E-state index contributed by atoms with van der Waals surface area (Å²) in [7, 11) is 3.90. The van der Waals surface area contributed by atoms with Gasteiger partial charge in [-0.3, -0.25) is 9.59 Å². The molecule has 0 aliphatic carbocycles. The topological polar surface area (TPSA) is 81.8 Å². The minimum absolute atomic E-state index is 0.0144. The second-order valence-electron chi connectivity index (χ2n) is 9.93. The van der Waals surface area contributed by atoms with Crippen LogP contribution in [0.2, 0.25) is 0 Å². The van der Waals surface area contributed by atoms with Gasteiger partial charge in [-0.15, -0.1) is 0 Å². The van der Waals surface area contributed by atoms with Crippen LogP contribution >= 0.6 is 11.8 Å². The van der Waals surface area contributed by atoms with Gasteiger partial charge in [0.1, 0.15) is 6.04 Å². The first-order valence-corrected chi connectivity index (χ1v) is 14.6. The summed E-state index contributed by atoms with van der Waals surface area (Å²) in [6.45, 7) is 3.59. The van der Waals surface area contributed by atoms with Crippen molar-refractivity contribution in [3.05, 3.63) is 96.1 Å². The van der Waals surface area contributed by atoms with E-state index in [2.05, 4.69) is 22.8 Å². The van der Waals surface area contributed by atoms with E-state index >= 15 is 0 Å². The Morgan fingerprint density at radius 2 is 1.40 bits per heavy atom. The lowest BCUT2D eigenvalue weighted by molar-refractivity contribution is -0.123. The number of nitrogens with one attached hydrogen (secondary N) is 2. The first-order valence-electron chi connectivity index (χ1n) is 13.6. The monoisotopic (exact) mass is 560 g/mol. The van der Waals surface area contributed by atoms with Crippen LogP contribution in [0.1, 0.15) is 18.1 Å².